The lowest BCUT2D eigenvalue weighted by molar-refractivity contribution is -0.115. The van der Waals surface area contributed by atoms with Crippen LogP contribution in [-0.4, -0.2) is 33.8 Å². The zero-order valence-corrected chi connectivity index (χ0v) is 18.6. The Kier molecular flexibility index (Phi) is 14.3. The minimum atomic E-state index is 0.170. The summed E-state index contributed by atoms with van der Waals surface area (Å²) in [6.45, 7) is 6.12. The van der Waals surface area contributed by atoms with Gasteiger partial charge in [0, 0.05) is 36.9 Å². The predicted octanol–water partition coefficient (Wildman–Crippen LogP) is 5.53. The van der Waals surface area contributed by atoms with Crippen molar-refractivity contribution in [2.45, 2.75) is 29.8 Å². The molecular weight excluding hydrogens is 414 g/mol. The molecule has 0 bridgehead atoms. The highest BCUT2D eigenvalue weighted by Gasteiger charge is 2.02. The van der Waals surface area contributed by atoms with Gasteiger partial charge in [0.05, 0.1) is 0 Å². The number of rotatable bonds is 11. The van der Waals surface area contributed by atoms with Gasteiger partial charge in [-0.2, -0.15) is 0 Å². The van der Waals surface area contributed by atoms with Crippen molar-refractivity contribution in [3.8, 4) is 0 Å². The number of carbonyl (C=O) groups is 1. The number of hydrogen-bond donors (Lipinski definition) is 1. The molecule has 8 heteroatoms. The molecule has 0 fully saturated rings. The second-order valence-corrected chi connectivity index (χ2v) is 10.1. The topological polar surface area (TPSA) is 68.9 Å². The van der Waals surface area contributed by atoms with Gasteiger partial charge in [0.15, 0.2) is 5.78 Å². The van der Waals surface area contributed by atoms with Crippen LogP contribution in [0.3, 0.4) is 0 Å². The molecule has 0 aliphatic carbocycles. The number of allylic oxidation sites excluding steroid dienone is 1. The fourth-order valence-electron chi connectivity index (χ4n) is 1.55. The molecule has 0 amide bonds. The fraction of sp³-hybridized carbons (Fsp3) is 0.316. The Morgan fingerprint density at radius 2 is 1.56 bits per heavy atom. The van der Waals surface area contributed by atoms with E-state index in [9.17, 15) is 4.79 Å². The number of ketones is 1. The molecule has 0 aliphatic rings. The minimum Gasteiger partial charge on any atom is -0.330 e. The highest BCUT2D eigenvalue weighted by Crippen LogP contribution is 2.29. The van der Waals surface area contributed by atoms with Crippen molar-refractivity contribution in [3.05, 3.63) is 60.9 Å². The summed E-state index contributed by atoms with van der Waals surface area (Å²) in [6.07, 6.45) is 5.08. The second-order valence-electron chi connectivity index (χ2n) is 5.24. The first-order chi connectivity index (χ1) is 13.1. The van der Waals surface area contributed by atoms with Gasteiger partial charge < -0.3 is 5.73 Å². The van der Waals surface area contributed by atoms with Crippen LogP contribution in [0.5, 0.6) is 0 Å². The summed E-state index contributed by atoms with van der Waals surface area (Å²) in [5.74, 6) is 2.10. The molecule has 2 N–H and O–H groups in total. The monoisotopic (exact) mass is 439 g/mol. The molecule has 0 aromatic carbocycles. The van der Waals surface area contributed by atoms with Gasteiger partial charge in [0.25, 0.3) is 0 Å². The van der Waals surface area contributed by atoms with E-state index >= 15 is 0 Å². The van der Waals surface area contributed by atoms with Crippen LogP contribution < -0.4 is 5.73 Å². The molecule has 0 spiro atoms. The molecule has 0 saturated heterocycles. The number of hydrogen-bond acceptors (Lipinski definition) is 8. The van der Waals surface area contributed by atoms with Gasteiger partial charge in [0.2, 0.25) is 0 Å². The highest BCUT2D eigenvalue weighted by molar-refractivity contribution is 8.77. The number of Topliss-reactive ketones (excluding diaryl/α,β-unsaturated/α-hetero) is 1. The van der Waals surface area contributed by atoms with Gasteiger partial charge in [-0.15, -0.1) is 0 Å². The highest BCUT2D eigenvalue weighted by atomic mass is 33.1. The maximum Gasteiger partial charge on any atom is 0.158 e. The lowest BCUT2D eigenvalue weighted by atomic mass is 10.1. The average Bonchev–Trinajstić information content (AvgIpc) is 2.70. The van der Waals surface area contributed by atoms with Crippen LogP contribution in [0.25, 0.3) is 0 Å². The SMILES string of the molecule is C=C(C)C(=O)CCCSSc1ccccn1.NCCSSc1ccccn1. The van der Waals surface area contributed by atoms with Gasteiger partial charge >= 0.3 is 0 Å². The smallest absolute Gasteiger partial charge is 0.158 e. The average molecular weight is 440 g/mol. The van der Waals surface area contributed by atoms with Crippen LogP contribution in [-0.2, 0) is 4.79 Å². The Labute approximate surface area is 177 Å². The predicted molar refractivity (Wildman–Crippen MR) is 123 cm³/mol. The van der Waals surface area contributed by atoms with E-state index in [2.05, 4.69) is 16.5 Å². The molecule has 0 radical (unpaired) electrons. The summed E-state index contributed by atoms with van der Waals surface area (Å²) < 4.78 is 0. The second kappa shape index (κ2) is 16.1. The summed E-state index contributed by atoms with van der Waals surface area (Å²) >= 11 is 0. The zero-order valence-electron chi connectivity index (χ0n) is 15.4. The molecule has 146 valence electrons. The maximum atomic E-state index is 11.2. The number of nitrogens with two attached hydrogens (primary N) is 1. The maximum absolute atomic E-state index is 11.2. The summed E-state index contributed by atoms with van der Waals surface area (Å²) in [7, 11) is 6.79. The first-order valence-corrected chi connectivity index (χ1v) is 13.1. The van der Waals surface area contributed by atoms with Crippen LogP contribution >= 0.6 is 43.2 Å². The van der Waals surface area contributed by atoms with Crippen LogP contribution in [0.1, 0.15) is 19.8 Å². The number of carbonyl (C=O) groups excluding carboxylic acids is 1. The Morgan fingerprint density at radius 3 is 2.00 bits per heavy atom. The van der Waals surface area contributed by atoms with Crippen molar-refractivity contribution in [2.24, 2.45) is 5.73 Å². The van der Waals surface area contributed by atoms with Crippen LogP contribution in [0, 0.1) is 0 Å². The molecular formula is C19H25N3OS4. The first-order valence-electron chi connectivity index (χ1n) is 8.43. The van der Waals surface area contributed by atoms with E-state index in [1.807, 2.05) is 36.4 Å². The number of aromatic nitrogens is 2. The van der Waals surface area contributed by atoms with E-state index < -0.39 is 0 Å². The number of pyridine rings is 2. The molecule has 27 heavy (non-hydrogen) atoms. The lowest BCUT2D eigenvalue weighted by Gasteiger charge is -2.00. The molecule has 0 saturated carbocycles. The molecule has 2 aromatic heterocycles. The van der Waals surface area contributed by atoms with E-state index in [1.165, 1.54) is 0 Å². The summed E-state index contributed by atoms with van der Waals surface area (Å²) in [5, 5.41) is 2.06. The van der Waals surface area contributed by atoms with Crippen molar-refractivity contribution < 1.29 is 4.79 Å². The Bertz CT molecular complexity index is 657. The molecule has 2 aromatic rings. The largest absolute Gasteiger partial charge is 0.330 e. The lowest BCUT2D eigenvalue weighted by Crippen LogP contribution is -1.99. The summed E-state index contributed by atoms with van der Waals surface area (Å²) in [4.78, 5) is 19.6. The van der Waals surface area contributed by atoms with Gasteiger partial charge in [0.1, 0.15) is 10.1 Å². The molecule has 0 unspecified atom stereocenters. The van der Waals surface area contributed by atoms with Crippen molar-refractivity contribution in [1.82, 2.24) is 9.97 Å². The van der Waals surface area contributed by atoms with E-state index in [4.69, 9.17) is 5.73 Å². The van der Waals surface area contributed by atoms with Crippen LogP contribution in [0.4, 0.5) is 0 Å². The Balaban J connectivity index is 0.000000289. The quantitative estimate of drug-likeness (QED) is 0.278. The minimum absolute atomic E-state index is 0.170. The van der Waals surface area contributed by atoms with Crippen molar-refractivity contribution >= 4 is 49.0 Å². The normalized spacial score (nSPS) is 10.0. The number of nitrogens with zero attached hydrogens (tertiary/aromatic N) is 2. The summed E-state index contributed by atoms with van der Waals surface area (Å²) in [6, 6.07) is 11.8. The fourth-order valence-corrected chi connectivity index (χ4v) is 5.25. The van der Waals surface area contributed by atoms with E-state index in [-0.39, 0.29) is 5.78 Å². The molecule has 2 heterocycles. The van der Waals surface area contributed by atoms with Crippen molar-refractivity contribution in [1.29, 1.82) is 0 Å². The van der Waals surface area contributed by atoms with Crippen molar-refractivity contribution in [3.63, 3.8) is 0 Å². The van der Waals surface area contributed by atoms with E-state index in [1.54, 1.807) is 62.5 Å². The van der Waals surface area contributed by atoms with Crippen LogP contribution in [0.2, 0.25) is 0 Å². The molecule has 2 rings (SSSR count). The third-order valence-corrected chi connectivity index (χ3v) is 7.52. The van der Waals surface area contributed by atoms with Crippen molar-refractivity contribution in [2.75, 3.05) is 18.1 Å². The third kappa shape index (κ3) is 13.0. The standard InChI is InChI=1S/C12H15NOS2.C7H10N2S2/c1-10(2)11(14)6-5-9-15-16-12-7-3-4-8-13-12;8-4-6-10-11-7-3-1-2-5-9-7/h3-4,7-8H,1,5-6,9H2,2H3;1-3,5H,4,6,8H2. The van der Waals surface area contributed by atoms with Gasteiger partial charge in [-0.3, -0.25) is 4.79 Å². The van der Waals surface area contributed by atoms with E-state index in [0.717, 1.165) is 34.5 Å². The molecule has 4 nitrogen and oxygen atoms in total. The first kappa shape index (κ1) is 24.1. The van der Waals surface area contributed by atoms with Gasteiger partial charge in [-0.05, 0) is 64.8 Å². The van der Waals surface area contributed by atoms with Gasteiger partial charge in [-0.25, -0.2) is 9.97 Å². The van der Waals surface area contributed by atoms with Gasteiger partial charge in [-0.1, -0.05) is 40.3 Å². The Hall–Kier alpha value is -0.930. The Morgan fingerprint density at radius 1 is 1.00 bits per heavy atom. The molecule has 0 atom stereocenters. The zero-order chi connectivity index (χ0) is 19.7. The van der Waals surface area contributed by atoms with Crippen LogP contribution in [0.15, 0.2) is 71.0 Å². The summed E-state index contributed by atoms with van der Waals surface area (Å²) in [5.41, 5.74) is 5.99. The third-order valence-electron chi connectivity index (χ3n) is 2.87. The van der Waals surface area contributed by atoms with E-state index in [0.29, 0.717) is 12.0 Å². The molecule has 0 aliphatic heterocycles.